The van der Waals surface area contributed by atoms with Crippen molar-refractivity contribution in [1.82, 2.24) is 0 Å². The van der Waals surface area contributed by atoms with Gasteiger partial charge >= 0.3 is 12.8 Å². The smallest absolute Gasteiger partial charge is 0.416 e. The van der Waals surface area contributed by atoms with Gasteiger partial charge in [0.25, 0.3) is 0 Å². The Morgan fingerprint density at radius 3 is 2.50 bits per heavy atom. The van der Waals surface area contributed by atoms with Gasteiger partial charge in [-0.1, -0.05) is 29.4 Å². The molecule has 2 aromatic rings. The van der Waals surface area contributed by atoms with Crippen molar-refractivity contribution in [2.75, 3.05) is 0 Å². The molecule has 0 aliphatic rings. The minimum Gasteiger partial charge on any atom is -0.434 e. The van der Waals surface area contributed by atoms with Crippen molar-refractivity contribution in [2.45, 2.75) is 19.4 Å². The largest absolute Gasteiger partial charge is 0.434 e. The lowest BCUT2D eigenvalue weighted by Gasteiger charge is -2.08. The summed E-state index contributed by atoms with van der Waals surface area (Å²) in [6, 6.07) is 10.5. The predicted molar refractivity (Wildman–Crippen MR) is 76.9 cm³/mol. The summed E-state index contributed by atoms with van der Waals surface area (Å²) in [5, 5.41) is 3.57. The molecule has 0 heterocycles. The molecule has 0 aliphatic heterocycles. The van der Waals surface area contributed by atoms with Crippen LogP contribution in [0, 0.1) is 0 Å². The van der Waals surface area contributed by atoms with Gasteiger partial charge in [0.2, 0.25) is 0 Å². The second kappa shape index (κ2) is 7.76. The molecule has 0 aliphatic carbocycles. The van der Waals surface area contributed by atoms with Crippen LogP contribution in [-0.4, -0.2) is 12.8 Å². The summed E-state index contributed by atoms with van der Waals surface area (Å²) in [5.41, 5.74) is -0.260. The maximum atomic E-state index is 12.6. The van der Waals surface area contributed by atoms with Crippen LogP contribution in [0.4, 0.5) is 22.0 Å². The summed E-state index contributed by atoms with van der Waals surface area (Å²) in [6.07, 6.45) is -3.30. The minimum atomic E-state index is -4.44. The van der Waals surface area contributed by atoms with E-state index in [2.05, 4.69) is 9.89 Å². The van der Waals surface area contributed by atoms with Crippen LogP contribution in [0.2, 0.25) is 0 Å². The maximum absolute atomic E-state index is 12.6. The Bertz CT molecular complexity index is 701. The fourth-order valence-corrected chi connectivity index (χ4v) is 1.83. The average molecular weight is 345 g/mol. The lowest BCUT2D eigenvalue weighted by atomic mass is 10.1. The Labute approximate surface area is 134 Å². The molecular formula is C16H12F5NO2. The summed E-state index contributed by atoms with van der Waals surface area (Å²) < 4.78 is 66.6. The number of para-hydroxylation sites is 1. The third-order valence-electron chi connectivity index (χ3n) is 2.89. The molecule has 2 aromatic carbocycles. The van der Waals surface area contributed by atoms with Gasteiger partial charge in [-0.2, -0.15) is 22.0 Å². The Morgan fingerprint density at radius 2 is 1.79 bits per heavy atom. The molecule has 0 amide bonds. The number of hydrogen-bond donors (Lipinski definition) is 0. The maximum Gasteiger partial charge on any atom is 0.416 e. The molecule has 0 bridgehead atoms. The van der Waals surface area contributed by atoms with E-state index in [9.17, 15) is 22.0 Å². The standard InChI is InChI=1S/C16H12F5NO2/c17-15(18)24-14-7-2-1-5-12(14)9-22-23-10-11-4-3-6-13(8-11)16(19,20)21/h1-9,15H,10H2/b22-9+. The number of hydrogen-bond acceptors (Lipinski definition) is 3. The highest BCUT2D eigenvalue weighted by molar-refractivity contribution is 5.83. The molecule has 3 nitrogen and oxygen atoms in total. The van der Waals surface area contributed by atoms with Gasteiger partial charge < -0.3 is 9.57 Å². The third kappa shape index (κ3) is 5.22. The lowest BCUT2D eigenvalue weighted by molar-refractivity contribution is -0.137. The first kappa shape index (κ1) is 17.7. The fourth-order valence-electron chi connectivity index (χ4n) is 1.83. The van der Waals surface area contributed by atoms with Crippen LogP contribution in [-0.2, 0) is 17.6 Å². The molecule has 0 atom stereocenters. The van der Waals surface area contributed by atoms with E-state index in [1.165, 1.54) is 30.3 Å². The Morgan fingerprint density at radius 1 is 1.04 bits per heavy atom. The zero-order valence-electron chi connectivity index (χ0n) is 12.1. The first-order valence-electron chi connectivity index (χ1n) is 6.71. The predicted octanol–water partition coefficient (Wildman–Crippen LogP) is 4.86. The lowest BCUT2D eigenvalue weighted by Crippen LogP contribution is -2.05. The number of ether oxygens (including phenoxy) is 1. The van der Waals surface area contributed by atoms with E-state index < -0.39 is 18.4 Å². The first-order valence-corrected chi connectivity index (χ1v) is 6.71. The summed E-state index contributed by atoms with van der Waals surface area (Å²) in [5.74, 6) is -0.0843. The fraction of sp³-hybridized carbons (Fsp3) is 0.188. The van der Waals surface area contributed by atoms with Crippen molar-refractivity contribution >= 4 is 6.21 Å². The third-order valence-corrected chi connectivity index (χ3v) is 2.89. The Kier molecular flexibility index (Phi) is 5.73. The molecule has 24 heavy (non-hydrogen) atoms. The second-order valence-corrected chi connectivity index (χ2v) is 4.62. The van der Waals surface area contributed by atoms with Gasteiger partial charge in [0, 0.05) is 5.56 Å². The average Bonchev–Trinajstić information content (AvgIpc) is 2.52. The van der Waals surface area contributed by atoms with Gasteiger partial charge in [-0.15, -0.1) is 0 Å². The van der Waals surface area contributed by atoms with Crippen LogP contribution in [0.1, 0.15) is 16.7 Å². The zero-order valence-corrected chi connectivity index (χ0v) is 12.1. The molecule has 0 fully saturated rings. The molecule has 2 rings (SSSR count). The number of oxime groups is 1. The van der Waals surface area contributed by atoms with Crippen LogP contribution < -0.4 is 4.74 Å². The van der Waals surface area contributed by atoms with E-state index in [4.69, 9.17) is 4.84 Å². The zero-order chi connectivity index (χ0) is 17.6. The summed E-state index contributed by atoms with van der Waals surface area (Å²) in [4.78, 5) is 4.91. The molecule has 0 saturated carbocycles. The van der Waals surface area contributed by atoms with Crippen molar-refractivity contribution in [3.63, 3.8) is 0 Å². The van der Waals surface area contributed by atoms with Crippen LogP contribution in [0.15, 0.2) is 53.7 Å². The van der Waals surface area contributed by atoms with E-state index >= 15 is 0 Å². The van der Waals surface area contributed by atoms with E-state index in [-0.39, 0.29) is 23.5 Å². The highest BCUT2D eigenvalue weighted by Crippen LogP contribution is 2.29. The SMILES string of the molecule is FC(F)Oc1ccccc1/C=N/OCc1cccc(C(F)(F)F)c1. The topological polar surface area (TPSA) is 30.8 Å². The molecule has 0 N–H and O–H groups in total. The van der Waals surface area contributed by atoms with Crippen molar-refractivity contribution in [2.24, 2.45) is 5.16 Å². The van der Waals surface area contributed by atoms with Gasteiger partial charge in [-0.05, 0) is 29.8 Å². The molecule has 8 heteroatoms. The van der Waals surface area contributed by atoms with Gasteiger partial charge in [0.05, 0.1) is 11.8 Å². The van der Waals surface area contributed by atoms with E-state index in [1.807, 2.05) is 0 Å². The first-order chi connectivity index (χ1) is 11.4. The number of nitrogens with zero attached hydrogens (tertiary/aromatic N) is 1. The molecule has 0 saturated heterocycles. The van der Waals surface area contributed by atoms with Crippen molar-refractivity contribution in [1.29, 1.82) is 0 Å². The molecular weight excluding hydrogens is 333 g/mol. The quantitative estimate of drug-likeness (QED) is 0.425. The molecule has 0 spiro atoms. The highest BCUT2D eigenvalue weighted by atomic mass is 19.4. The van der Waals surface area contributed by atoms with Gasteiger partial charge in [0.15, 0.2) is 0 Å². The number of alkyl halides is 5. The molecule has 0 unspecified atom stereocenters. The highest BCUT2D eigenvalue weighted by Gasteiger charge is 2.30. The monoisotopic (exact) mass is 345 g/mol. The van der Waals surface area contributed by atoms with E-state index in [0.717, 1.165) is 18.3 Å². The van der Waals surface area contributed by atoms with E-state index in [1.54, 1.807) is 6.07 Å². The van der Waals surface area contributed by atoms with Crippen LogP contribution in [0.5, 0.6) is 5.75 Å². The van der Waals surface area contributed by atoms with Crippen molar-refractivity contribution in [3.05, 3.63) is 65.2 Å². The summed E-state index contributed by atoms with van der Waals surface area (Å²) >= 11 is 0. The Hall–Kier alpha value is -2.64. The molecule has 0 aromatic heterocycles. The second-order valence-electron chi connectivity index (χ2n) is 4.62. The normalized spacial score (nSPS) is 11.9. The molecule has 0 radical (unpaired) electrons. The van der Waals surface area contributed by atoms with Gasteiger partial charge in [-0.25, -0.2) is 0 Å². The van der Waals surface area contributed by atoms with Crippen LogP contribution in [0.25, 0.3) is 0 Å². The Balaban J connectivity index is 1.99. The molecule has 128 valence electrons. The number of rotatable bonds is 6. The van der Waals surface area contributed by atoms with Crippen LogP contribution in [0.3, 0.4) is 0 Å². The van der Waals surface area contributed by atoms with Crippen molar-refractivity contribution < 1.29 is 31.5 Å². The minimum absolute atomic E-state index is 0.0843. The summed E-state index contributed by atoms with van der Waals surface area (Å²) in [7, 11) is 0. The number of halogens is 5. The van der Waals surface area contributed by atoms with Gasteiger partial charge in [0.1, 0.15) is 12.4 Å². The van der Waals surface area contributed by atoms with E-state index in [0.29, 0.717) is 0 Å². The van der Waals surface area contributed by atoms with Crippen LogP contribution >= 0.6 is 0 Å². The summed E-state index contributed by atoms with van der Waals surface area (Å²) in [6.45, 7) is -3.18. The van der Waals surface area contributed by atoms with Gasteiger partial charge in [-0.3, -0.25) is 0 Å². The van der Waals surface area contributed by atoms with Crippen molar-refractivity contribution in [3.8, 4) is 5.75 Å². The number of benzene rings is 2.